The van der Waals surface area contributed by atoms with E-state index in [4.69, 9.17) is 0 Å². The summed E-state index contributed by atoms with van der Waals surface area (Å²) in [4.78, 5) is 15.7. The van der Waals surface area contributed by atoms with Crippen molar-refractivity contribution < 1.29 is 9.90 Å². The highest BCUT2D eigenvalue weighted by molar-refractivity contribution is 6.05. The molecule has 0 aliphatic heterocycles. The fourth-order valence-corrected chi connectivity index (χ4v) is 1.93. The predicted molar refractivity (Wildman–Crippen MR) is 76.9 cm³/mol. The molecule has 0 atom stereocenters. The number of hydrogen-bond donors (Lipinski definition) is 2. The standard InChI is InChI=1S/C14H12N6O2/c21-12(7-13(22)14-16-18-19-17-14)11-3-6-20(9-11)8-10-1-4-15-5-2-10/h1-7,9,21H,8H2,(H,16,17,18,19). The molecule has 8 nitrogen and oxygen atoms in total. The van der Waals surface area contributed by atoms with Gasteiger partial charge in [0, 0.05) is 43.0 Å². The summed E-state index contributed by atoms with van der Waals surface area (Å²) >= 11 is 0. The van der Waals surface area contributed by atoms with E-state index in [2.05, 4.69) is 25.6 Å². The van der Waals surface area contributed by atoms with Gasteiger partial charge in [-0.3, -0.25) is 9.78 Å². The number of aliphatic hydroxyl groups excluding tert-OH is 1. The van der Waals surface area contributed by atoms with Crippen LogP contribution in [0.3, 0.4) is 0 Å². The Labute approximate surface area is 125 Å². The van der Waals surface area contributed by atoms with Crippen LogP contribution in [0.1, 0.15) is 21.7 Å². The summed E-state index contributed by atoms with van der Waals surface area (Å²) in [6.07, 6.45) is 8.08. The van der Waals surface area contributed by atoms with E-state index in [0.29, 0.717) is 12.1 Å². The molecule has 0 spiro atoms. The predicted octanol–water partition coefficient (Wildman–Crippen LogP) is 1.23. The first kappa shape index (κ1) is 13.7. The zero-order valence-electron chi connectivity index (χ0n) is 11.4. The molecule has 3 aromatic heterocycles. The number of H-pyrrole nitrogens is 1. The van der Waals surface area contributed by atoms with Gasteiger partial charge in [-0.25, -0.2) is 0 Å². The molecule has 3 rings (SSSR count). The van der Waals surface area contributed by atoms with E-state index >= 15 is 0 Å². The van der Waals surface area contributed by atoms with Crippen LogP contribution in [0.15, 0.2) is 49.1 Å². The van der Waals surface area contributed by atoms with Crippen LogP contribution in [-0.4, -0.2) is 41.1 Å². The molecule has 0 radical (unpaired) electrons. The van der Waals surface area contributed by atoms with E-state index in [0.717, 1.165) is 11.6 Å². The third kappa shape index (κ3) is 3.06. The van der Waals surface area contributed by atoms with E-state index in [-0.39, 0.29) is 11.6 Å². The Hall–Kier alpha value is -3.29. The highest BCUT2D eigenvalue weighted by Gasteiger charge is 2.11. The third-order valence-corrected chi connectivity index (χ3v) is 2.99. The van der Waals surface area contributed by atoms with Crippen LogP contribution in [0.4, 0.5) is 0 Å². The Morgan fingerprint density at radius 1 is 1.32 bits per heavy atom. The van der Waals surface area contributed by atoms with E-state index < -0.39 is 5.78 Å². The molecule has 0 saturated carbocycles. The topological polar surface area (TPSA) is 110 Å². The summed E-state index contributed by atoms with van der Waals surface area (Å²) in [7, 11) is 0. The Morgan fingerprint density at radius 2 is 2.14 bits per heavy atom. The molecule has 0 fully saturated rings. The molecular formula is C14H12N6O2. The average Bonchev–Trinajstić information content (AvgIpc) is 3.19. The van der Waals surface area contributed by atoms with Crippen LogP contribution in [0.5, 0.6) is 0 Å². The maximum atomic E-state index is 11.8. The van der Waals surface area contributed by atoms with Gasteiger partial charge in [-0.2, -0.15) is 5.21 Å². The summed E-state index contributed by atoms with van der Waals surface area (Å²) in [6.45, 7) is 0.647. The van der Waals surface area contributed by atoms with Gasteiger partial charge >= 0.3 is 0 Å². The van der Waals surface area contributed by atoms with Gasteiger partial charge in [0.15, 0.2) is 0 Å². The number of carbonyl (C=O) groups is 1. The van der Waals surface area contributed by atoms with Crippen molar-refractivity contribution in [1.29, 1.82) is 0 Å². The molecule has 0 aliphatic carbocycles. The number of aromatic nitrogens is 6. The molecule has 0 aliphatic rings. The van der Waals surface area contributed by atoms with Gasteiger partial charge in [-0.05, 0) is 29.0 Å². The summed E-state index contributed by atoms with van der Waals surface area (Å²) in [5.41, 5.74) is 1.62. The minimum absolute atomic E-state index is 0.0947. The van der Waals surface area contributed by atoms with E-state index in [1.165, 1.54) is 0 Å². The summed E-state index contributed by atoms with van der Waals surface area (Å²) in [6, 6.07) is 5.54. The summed E-state index contributed by atoms with van der Waals surface area (Å²) in [5, 5.41) is 22.6. The molecule has 8 heteroatoms. The minimum atomic E-state index is -0.520. The van der Waals surface area contributed by atoms with Crippen molar-refractivity contribution in [3.05, 3.63) is 66.0 Å². The molecule has 0 amide bonds. The number of rotatable bonds is 5. The smallest absolute Gasteiger partial charge is 0.244 e. The third-order valence-electron chi connectivity index (χ3n) is 2.99. The van der Waals surface area contributed by atoms with Gasteiger partial charge in [0.25, 0.3) is 0 Å². The zero-order chi connectivity index (χ0) is 15.4. The maximum absolute atomic E-state index is 11.8. The number of aromatic amines is 1. The van der Waals surface area contributed by atoms with Gasteiger partial charge < -0.3 is 9.67 Å². The lowest BCUT2D eigenvalue weighted by molar-refractivity contribution is 0.103. The van der Waals surface area contributed by atoms with Crippen molar-refractivity contribution >= 4 is 11.5 Å². The second-order valence-electron chi connectivity index (χ2n) is 4.56. The zero-order valence-corrected chi connectivity index (χ0v) is 11.4. The quantitative estimate of drug-likeness (QED) is 0.416. The molecule has 0 bridgehead atoms. The Morgan fingerprint density at radius 3 is 2.86 bits per heavy atom. The first-order valence-corrected chi connectivity index (χ1v) is 6.46. The first-order chi connectivity index (χ1) is 10.7. The number of ketones is 1. The molecule has 0 saturated heterocycles. The fourth-order valence-electron chi connectivity index (χ4n) is 1.93. The van der Waals surface area contributed by atoms with Gasteiger partial charge in [-0.1, -0.05) is 0 Å². The van der Waals surface area contributed by atoms with Crippen LogP contribution >= 0.6 is 0 Å². The van der Waals surface area contributed by atoms with E-state index in [9.17, 15) is 9.90 Å². The number of nitrogens with one attached hydrogen (secondary N) is 1. The molecule has 0 unspecified atom stereocenters. The van der Waals surface area contributed by atoms with Crippen molar-refractivity contribution in [2.24, 2.45) is 0 Å². The van der Waals surface area contributed by atoms with Crippen LogP contribution in [0, 0.1) is 0 Å². The van der Waals surface area contributed by atoms with Crippen LogP contribution in [-0.2, 0) is 6.54 Å². The Bertz CT molecular complexity index is 792. The number of carbonyl (C=O) groups excluding carboxylic acids is 1. The molecule has 110 valence electrons. The molecule has 3 aromatic rings. The molecule has 3 heterocycles. The number of pyridine rings is 1. The summed E-state index contributed by atoms with van der Waals surface area (Å²) < 4.78 is 1.90. The van der Waals surface area contributed by atoms with Gasteiger partial charge in [0.05, 0.1) is 0 Å². The highest BCUT2D eigenvalue weighted by atomic mass is 16.3. The monoisotopic (exact) mass is 296 g/mol. The molecule has 0 aromatic carbocycles. The largest absolute Gasteiger partial charge is 0.507 e. The van der Waals surface area contributed by atoms with Crippen molar-refractivity contribution in [3.8, 4) is 0 Å². The lowest BCUT2D eigenvalue weighted by Gasteiger charge is -2.02. The van der Waals surface area contributed by atoms with Crippen molar-refractivity contribution in [1.82, 2.24) is 30.2 Å². The van der Waals surface area contributed by atoms with Gasteiger partial charge in [0.2, 0.25) is 11.6 Å². The number of nitrogens with zero attached hydrogens (tertiary/aromatic N) is 5. The van der Waals surface area contributed by atoms with Crippen molar-refractivity contribution in [2.75, 3.05) is 0 Å². The maximum Gasteiger partial charge on any atom is 0.244 e. The number of hydrogen-bond acceptors (Lipinski definition) is 6. The SMILES string of the molecule is O=C(C=C(O)c1ccn(Cc2ccncc2)c1)c1nn[nH]n1. The van der Waals surface area contributed by atoms with Crippen molar-refractivity contribution in [3.63, 3.8) is 0 Å². The fraction of sp³-hybridized carbons (Fsp3) is 0.0714. The second-order valence-corrected chi connectivity index (χ2v) is 4.56. The van der Waals surface area contributed by atoms with E-state index in [1.807, 2.05) is 22.9 Å². The second kappa shape index (κ2) is 6.00. The average molecular weight is 296 g/mol. The number of aliphatic hydroxyl groups is 1. The lowest BCUT2D eigenvalue weighted by Crippen LogP contribution is -1.99. The Kier molecular flexibility index (Phi) is 3.73. The van der Waals surface area contributed by atoms with Crippen LogP contribution in [0.2, 0.25) is 0 Å². The normalized spacial score (nSPS) is 11.5. The lowest BCUT2D eigenvalue weighted by atomic mass is 10.2. The molecular weight excluding hydrogens is 284 g/mol. The first-order valence-electron chi connectivity index (χ1n) is 6.46. The minimum Gasteiger partial charge on any atom is -0.507 e. The number of allylic oxidation sites excluding steroid dienone is 1. The van der Waals surface area contributed by atoms with Crippen LogP contribution in [0.25, 0.3) is 5.76 Å². The highest BCUT2D eigenvalue weighted by Crippen LogP contribution is 2.14. The summed E-state index contributed by atoms with van der Waals surface area (Å²) in [5.74, 6) is -0.765. The molecule has 2 N–H and O–H groups in total. The van der Waals surface area contributed by atoms with Crippen LogP contribution < -0.4 is 0 Å². The van der Waals surface area contributed by atoms with Gasteiger partial charge in [-0.15, -0.1) is 10.2 Å². The van der Waals surface area contributed by atoms with Gasteiger partial charge in [0.1, 0.15) is 5.76 Å². The van der Waals surface area contributed by atoms with Crippen molar-refractivity contribution in [2.45, 2.75) is 6.54 Å². The molecule has 22 heavy (non-hydrogen) atoms. The van der Waals surface area contributed by atoms with E-state index in [1.54, 1.807) is 24.7 Å². The Balaban J connectivity index is 1.74. The number of tetrazole rings is 1.